The Hall–Kier alpha value is -1.83. The summed E-state index contributed by atoms with van der Waals surface area (Å²) in [7, 11) is 0. The van der Waals surface area contributed by atoms with Gasteiger partial charge in [-0.15, -0.1) is 0 Å². The van der Waals surface area contributed by atoms with Gasteiger partial charge in [-0.25, -0.2) is 0 Å². The van der Waals surface area contributed by atoms with Gasteiger partial charge in [0.15, 0.2) is 0 Å². The molecule has 25 heavy (non-hydrogen) atoms. The van der Waals surface area contributed by atoms with Crippen molar-refractivity contribution in [3.63, 3.8) is 0 Å². The number of aliphatic carboxylic acids is 2. The molecule has 1 fully saturated rings. The van der Waals surface area contributed by atoms with E-state index in [1.54, 1.807) is 0 Å². The molecule has 1 aliphatic rings. The Morgan fingerprint density at radius 1 is 1.24 bits per heavy atom. The first-order valence-electron chi connectivity index (χ1n) is 7.56. The number of carbonyl (C=O) groups is 3. The van der Waals surface area contributed by atoms with Gasteiger partial charge in [0.25, 0.3) is 5.91 Å². The van der Waals surface area contributed by atoms with E-state index in [0.29, 0.717) is 10.0 Å². The van der Waals surface area contributed by atoms with Crippen LogP contribution < -0.4 is 11.1 Å². The van der Waals surface area contributed by atoms with Crippen molar-refractivity contribution in [2.45, 2.75) is 31.3 Å². The Bertz CT molecular complexity index is 706. The van der Waals surface area contributed by atoms with E-state index in [4.69, 9.17) is 28.9 Å². The molecule has 0 heterocycles. The van der Waals surface area contributed by atoms with E-state index >= 15 is 0 Å². The lowest BCUT2D eigenvalue weighted by Crippen LogP contribution is -2.54. The third-order valence-electron chi connectivity index (χ3n) is 4.64. The monoisotopic (exact) mass is 388 g/mol. The summed E-state index contributed by atoms with van der Waals surface area (Å²) in [6.45, 7) is 1.42. The summed E-state index contributed by atoms with van der Waals surface area (Å²) in [4.78, 5) is 35.2. The number of benzene rings is 1. The zero-order valence-corrected chi connectivity index (χ0v) is 14.8. The second-order valence-corrected chi connectivity index (χ2v) is 7.22. The molecule has 5 N–H and O–H groups in total. The highest BCUT2D eigenvalue weighted by Crippen LogP contribution is 2.39. The van der Waals surface area contributed by atoms with Gasteiger partial charge in [-0.1, -0.05) is 30.1 Å². The number of hydrogen-bond acceptors (Lipinski definition) is 4. The third kappa shape index (κ3) is 4.05. The van der Waals surface area contributed by atoms with Gasteiger partial charge in [0.2, 0.25) is 0 Å². The van der Waals surface area contributed by atoms with E-state index in [9.17, 15) is 24.6 Å². The molecule has 0 aliphatic heterocycles. The van der Waals surface area contributed by atoms with Crippen LogP contribution in [-0.2, 0) is 9.59 Å². The SMILES string of the molecule is C[C@H](C(=O)O)[C@@H]1C[C@@H](NC(=O)c2cc(Cl)cc(Cl)c2)C[C@@]1(N)C(=O)O. The normalized spacial score (nSPS) is 26.9. The molecule has 0 radical (unpaired) electrons. The number of amides is 1. The third-order valence-corrected chi connectivity index (χ3v) is 5.07. The topological polar surface area (TPSA) is 130 Å². The lowest BCUT2D eigenvalue weighted by atomic mass is 9.79. The lowest BCUT2D eigenvalue weighted by Gasteiger charge is -2.29. The Morgan fingerprint density at radius 3 is 2.28 bits per heavy atom. The number of carbonyl (C=O) groups excluding carboxylic acids is 1. The molecule has 1 aromatic carbocycles. The maximum Gasteiger partial charge on any atom is 0.324 e. The highest BCUT2D eigenvalue weighted by molar-refractivity contribution is 6.35. The molecule has 1 saturated carbocycles. The largest absolute Gasteiger partial charge is 0.481 e. The molecule has 0 unspecified atom stereocenters. The van der Waals surface area contributed by atoms with E-state index in [1.165, 1.54) is 25.1 Å². The number of rotatable bonds is 5. The molecule has 1 aliphatic carbocycles. The summed E-state index contributed by atoms with van der Waals surface area (Å²) in [5.41, 5.74) is 4.49. The molecular weight excluding hydrogens is 371 g/mol. The molecule has 136 valence electrons. The van der Waals surface area contributed by atoms with Crippen LogP contribution in [-0.4, -0.2) is 39.6 Å². The Kier molecular flexibility index (Phi) is 5.61. The average Bonchev–Trinajstić information content (AvgIpc) is 2.83. The Balaban J connectivity index is 2.19. The zero-order chi connectivity index (χ0) is 18.9. The van der Waals surface area contributed by atoms with Crippen LogP contribution in [0.4, 0.5) is 0 Å². The summed E-state index contributed by atoms with van der Waals surface area (Å²) in [5.74, 6) is -4.66. The summed E-state index contributed by atoms with van der Waals surface area (Å²) in [5, 5.41) is 21.9. The number of carboxylic acids is 2. The summed E-state index contributed by atoms with van der Waals surface area (Å²) in [6, 6.07) is 3.78. The minimum atomic E-state index is -1.72. The molecule has 0 aromatic heterocycles. The van der Waals surface area contributed by atoms with Crippen LogP contribution >= 0.6 is 23.2 Å². The van der Waals surface area contributed by atoms with E-state index in [1.807, 2.05) is 0 Å². The van der Waals surface area contributed by atoms with Gasteiger partial charge in [-0.05, 0) is 31.0 Å². The molecule has 7 nitrogen and oxygen atoms in total. The van der Waals surface area contributed by atoms with Crippen molar-refractivity contribution in [2.75, 3.05) is 0 Å². The van der Waals surface area contributed by atoms with Gasteiger partial charge in [-0.2, -0.15) is 0 Å². The van der Waals surface area contributed by atoms with Crippen molar-refractivity contribution < 1.29 is 24.6 Å². The zero-order valence-electron chi connectivity index (χ0n) is 13.3. The van der Waals surface area contributed by atoms with Crippen LogP contribution in [0.15, 0.2) is 18.2 Å². The van der Waals surface area contributed by atoms with Crippen LogP contribution in [0.3, 0.4) is 0 Å². The number of halogens is 2. The van der Waals surface area contributed by atoms with Crippen LogP contribution in [0, 0.1) is 11.8 Å². The molecule has 4 atom stereocenters. The van der Waals surface area contributed by atoms with Gasteiger partial charge >= 0.3 is 11.9 Å². The quantitative estimate of drug-likeness (QED) is 0.610. The smallest absolute Gasteiger partial charge is 0.324 e. The average molecular weight is 389 g/mol. The van der Waals surface area contributed by atoms with Gasteiger partial charge in [0.05, 0.1) is 5.92 Å². The van der Waals surface area contributed by atoms with Crippen molar-refractivity contribution in [3.05, 3.63) is 33.8 Å². The van der Waals surface area contributed by atoms with E-state index in [0.717, 1.165) is 0 Å². The molecule has 0 saturated heterocycles. The fourth-order valence-corrected chi connectivity index (χ4v) is 3.82. The maximum atomic E-state index is 12.4. The molecule has 0 bridgehead atoms. The molecule has 0 spiro atoms. The number of hydrogen-bond donors (Lipinski definition) is 4. The first kappa shape index (κ1) is 19.5. The van der Waals surface area contributed by atoms with E-state index in [2.05, 4.69) is 5.32 Å². The molecule has 1 amide bonds. The second kappa shape index (κ2) is 7.19. The Labute approximate surface area is 154 Å². The first-order chi connectivity index (χ1) is 11.5. The van der Waals surface area contributed by atoms with Crippen LogP contribution in [0.1, 0.15) is 30.1 Å². The molecular formula is C16H18Cl2N2O5. The van der Waals surface area contributed by atoms with Crippen molar-refractivity contribution >= 4 is 41.0 Å². The molecule has 9 heteroatoms. The van der Waals surface area contributed by atoms with Gasteiger partial charge in [-0.3, -0.25) is 14.4 Å². The molecule has 1 aromatic rings. The van der Waals surface area contributed by atoms with Crippen molar-refractivity contribution in [3.8, 4) is 0 Å². The predicted molar refractivity (Wildman–Crippen MR) is 91.8 cm³/mol. The number of nitrogens with one attached hydrogen (secondary N) is 1. The lowest BCUT2D eigenvalue weighted by molar-refractivity contribution is -0.149. The first-order valence-corrected chi connectivity index (χ1v) is 8.32. The van der Waals surface area contributed by atoms with E-state index in [-0.39, 0.29) is 18.4 Å². The number of carboxylic acid groups (broad SMARTS) is 2. The summed E-state index contributed by atoms with van der Waals surface area (Å²) < 4.78 is 0. The van der Waals surface area contributed by atoms with Gasteiger partial charge in [0, 0.05) is 27.6 Å². The van der Waals surface area contributed by atoms with Crippen molar-refractivity contribution in [2.24, 2.45) is 17.6 Å². The Morgan fingerprint density at radius 2 is 1.80 bits per heavy atom. The number of nitrogens with two attached hydrogens (primary N) is 1. The second-order valence-electron chi connectivity index (χ2n) is 6.35. The predicted octanol–water partition coefficient (Wildman–Crippen LogP) is 2.00. The van der Waals surface area contributed by atoms with Crippen LogP contribution in [0.2, 0.25) is 10.0 Å². The van der Waals surface area contributed by atoms with Gasteiger partial charge < -0.3 is 21.3 Å². The fourth-order valence-electron chi connectivity index (χ4n) is 3.29. The van der Waals surface area contributed by atoms with Crippen LogP contribution in [0.5, 0.6) is 0 Å². The van der Waals surface area contributed by atoms with E-state index < -0.39 is 41.3 Å². The van der Waals surface area contributed by atoms with Crippen LogP contribution in [0.25, 0.3) is 0 Å². The maximum absolute atomic E-state index is 12.4. The summed E-state index contributed by atoms with van der Waals surface area (Å²) in [6.07, 6.45) is 0.0843. The standard InChI is InChI=1S/C16H18Cl2N2O5/c1-7(14(22)23)12-5-11(6-16(12,19)15(24)25)20-13(21)8-2-9(17)4-10(18)3-8/h2-4,7,11-12H,5-6,19H2,1H3,(H,20,21)(H,22,23)(H,24,25)/t7-,11+,12-,16-/m0/s1. The molecule has 2 rings (SSSR count). The highest BCUT2D eigenvalue weighted by Gasteiger charge is 2.53. The minimum Gasteiger partial charge on any atom is -0.481 e. The highest BCUT2D eigenvalue weighted by atomic mass is 35.5. The van der Waals surface area contributed by atoms with Crippen molar-refractivity contribution in [1.82, 2.24) is 5.32 Å². The minimum absolute atomic E-state index is 0.0648. The fraction of sp³-hybridized carbons (Fsp3) is 0.438. The summed E-state index contributed by atoms with van der Waals surface area (Å²) >= 11 is 11.7. The van der Waals surface area contributed by atoms with Gasteiger partial charge in [0.1, 0.15) is 5.54 Å². The van der Waals surface area contributed by atoms with Crippen molar-refractivity contribution in [1.29, 1.82) is 0 Å².